The minimum Gasteiger partial charge on any atom is -0.338 e. The van der Waals surface area contributed by atoms with Gasteiger partial charge in [0.25, 0.3) is 0 Å². The van der Waals surface area contributed by atoms with Gasteiger partial charge in [-0.15, -0.1) is 23.1 Å². The van der Waals surface area contributed by atoms with Crippen molar-refractivity contribution in [3.8, 4) is 0 Å². The fraction of sp³-hybridized carbons (Fsp3) is 0.556. The van der Waals surface area contributed by atoms with Gasteiger partial charge in [-0.3, -0.25) is 10.1 Å². The third-order valence-corrected chi connectivity index (χ3v) is 3.85. The van der Waals surface area contributed by atoms with Gasteiger partial charge in [0.05, 0.1) is 23.8 Å². The number of nitrogens with zero attached hydrogens (tertiary/aromatic N) is 2. The van der Waals surface area contributed by atoms with Gasteiger partial charge in [-0.2, -0.15) is 0 Å². The highest BCUT2D eigenvalue weighted by Gasteiger charge is 2.25. The summed E-state index contributed by atoms with van der Waals surface area (Å²) in [6.45, 7) is 0.602. The van der Waals surface area contributed by atoms with Crippen LogP contribution in [0.4, 0.5) is 0 Å². The number of hydrogen-bond donors (Lipinski definition) is 1. The maximum absolute atomic E-state index is 11.9. The number of carbonyl (C=O) groups excluding carboxylic acids is 1. The Morgan fingerprint density at radius 3 is 3.27 bits per heavy atom. The number of amides is 1. The second kappa shape index (κ2) is 4.96. The van der Waals surface area contributed by atoms with Gasteiger partial charge in [-0.25, -0.2) is 4.98 Å². The molecule has 1 unspecified atom stereocenters. The zero-order valence-electron chi connectivity index (χ0n) is 8.47. The SMILES string of the molecule is CN(Cc1cscn1)C(=O)C1CSCN1. The first-order valence-corrected chi connectivity index (χ1v) is 6.80. The van der Waals surface area contributed by atoms with Crippen LogP contribution in [0.3, 0.4) is 0 Å². The topological polar surface area (TPSA) is 45.2 Å². The average Bonchev–Trinajstić information content (AvgIpc) is 2.88. The van der Waals surface area contributed by atoms with E-state index in [0.717, 1.165) is 17.3 Å². The average molecular weight is 243 g/mol. The molecule has 1 N–H and O–H groups in total. The third kappa shape index (κ3) is 2.70. The molecular weight excluding hydrogens is 230 g/mol. The molecule has 2 rings (SSSR count). The molecule has 0 aromatic carbocycles. The number of thioether (sulfide) groups is 1. The van der Waals surface area contributed by atoms with Crippen molar-refractivity contribution < 1.29 is 4.79 Å². The van der Waals surface area contributed by atoms with Crippen LogP contribution in [0.1, 0.15) is 5.69 Å². The Morgan fingerprint density at radius 1 is 1.80 bits per heavy atom. The van der Waals surface area contributed by atoms with Gasteiger partial charge >= 0.3 is 0 Å². The number of rotatable bonds is 3. The minimum atomic E-state index is -0.0152. The Hall–Kier alpha value is -0.590. The van der Waals surface area contributed by atoms with Crippen LogP contribution in [0.15, 0.2) is 10.9 Å². The highest BCUT2D eigenvalue weighted by Crippen LogP contribution is 2.12. The molecule has 1 aliphatic rings. The monoisotopic (exact) mass is 243 g/mol. The molecule has 1 aliphatic heterocycles. The first kappa shape index (κ1) is 10.9. The van der Waals surface area contributed by atoms with Gasteiger partial charge in [0.2, 0.25) is 5.91 Å². The van der Waals surface area contributed by atoms with Crippen molar-refractivity contribution in [3.05, 3.63) is 16.6 Å². The van der Waals surface area contributed by atoms with Crippen LogP contribution in [-0.2, 0) is 11.3 Å². The molecule has 1 aromatic rings. The zero-order valence-corrected chi connectivity index (χ0v) is 10.1. The van der Waals surface area contributed by atoms with Crippen molar-refractivity contribution in [2.45, 2.75) is 12.6 Å². The van der Waals surface area contributed by atoms with E-state index in [-0.39, 0.29) is 11.9 Å². The molecular formula is C9H13N3OS2. The number of nitrogens with one attached hydrogen (secondary N) is 1. The number of hydrogen-bond acceptors (Lipinski definition) is 5. The van der Waals surface area contributed by atoms with E-state index in [9.17, 15) is 4.79 Å². The van der Waals surface area contributed by atoms with Crippen molar-refractivity contribution >= 4 is 29.0 Å². The lowest BCUT2D eigenvalue weighted by Crippen LogP contribution is -2.42. The van der Waals surface area contributed by atoms with Crippen LogP contribution in [0.2, 0.25) is 0 Å². The van der Waals surface area contributed by atoms with E-state index in [1.807, 2.05) is 12.4 Å². The molecule has 4 nitrogen and oxygen atoms in total. The van der Waals surface area contributed by atoms with Gasteiger partial charge in [0, 0.05) is 24.1 Å². The smallest absolute Gasteiger partial charge is 0.240 e. The van der Waals surface area contributed by atoms with E-state index < -0.39 is 0 Å². The Bertz CT molecular complexity index is 322. The molecule has 1 amide bonds. The maximum Gasteiger partial charge on any atom is 0.240 e. The molecule has 1 aromatic heterocycles. The number of carbonyl (C=O) groups is 1. The molecule has 0 bridgehead atoms. The van der Waals surface area contributed by atoms with E-state index in [1.54, 1.807) is 33.5 Å². The second-order valence-electron chi connectivity index (χ2n) is 3.45. The summed E-state index contributed by atoms with van der Waals surface area (Å²) < 4.78 is 0. The number of aromatic nitrogens is 1. The summed E-state index contributed by atoms with van der Waals surface area (Å²) in [6, 6.07) is -0.0152. The van der Waals surface area contributed by atoms with Crippen molar-refractivity contribution in [2.75, 3.05) is 18.7 Å². The van der Waals surface area contributed by atoms with Crippen LogP contribution in [0, 0.1) is 0 Å². The summed E-state index contributed by atoms with van der Waals surface area (Å²) in [5, 5.41) is 5.14. The third-order valence-electron chi connectivity index (χ3n) is 2.27. The quantitative estimate of drug-likeness (QED) is 0.851. The lowest BCUT2D eigenvalue weighted by Gasteiger charge is -2.19. The van der Waals surface area contributed by atoms with E-state index >= 15 is 0 Å². The van der Waals surface area contributed by atoms with Crippen molar-refractivity contribution in [3.63, 3.8) is 0 Å². The highest BCUT2D eigenvalue weighted by atomic mass is 32.2. The van der Waals surface area contributed by atoms with E-state index in [1.165, 1.54) is 0 Å². The van der Waals surface area contributed by atoms with Gasteiger partial charge in [-0.05, 0) is 0 Å². The van der Waals surface area contributed by atoms with Crippen molar-refractivity contribution in [1.82, 2.24) is 15.2 Å². The van der Waals surface area contributed by atoms with Gasteiger partial charge in [0.15, 0.2) is 0 Å². The molecule has 0 saturated carbocycles. The predicted molar refractivity (Wildman–Crippen MR) is 62.8 cm³/mol. The molecule has 2 heterocycles. The Morgan fingerprint density at radius 2 is 2.67 bits per heavy atom. The largest absolute Gasteiger partial charge is 0.338 e. The van der Waals surface area contributed by atoms with E-state index in [4.69, 9.17) is 0 Å². The normalized spacial score (nSPS) is 20.5. The molecule has 0 radical (unpaired) electrons. The van der Waals surface area contributed by atoms with E-state index in [2.05, 4.69) is 10.3 Å². The summed E-state index contributed by atoms with van der Waals surface area (Å²) in [4.78, 5) is 17.8. The second-order valence-corrected chi connectivity index (χ2v) is 5.19. The van der Waals surface area contributed by atoms with Crippen LogP contribution in [-0.4, -0.2) is 40.5 Å². The standard InChI is InChI=1S/C9H13N3OS2/c1-12(2-7-3-14-5-10-7)9(13)8-4-15-6-11-8/h3,5,8,11H,2,4,6H2,1H3. The van der Waals surface area contributed by atoms with Crippen LogP contribution >= 0.6 is 23.1 Å². The van der Waals surface area contributed by atoms with Crippen LogP contribution in [0.25, 0.3) is 0 Å². The lowest BCUT2D eigenvalue weighted by molar-refractivity contribution is -0.131. The Balaban J connectivity index is 1.89. The molecule has 1 fully saturated rings. The lowest BCUT2D eigenvalue weighted by atomic mass is 10.3. The molecule has 0 aliphatic carbocycles. The number of likely N-dealkylation sites (N-methyl/N-ethyl adjacent to an activating group) is 1. The van der Waals surface area contributed by atoms with Gasteiger partial charge in [0.1, 0.15) is 0 Å². The molecule has 82 valence electrons. The van der Waals surface area contributed by atoms with Crippen LogP contribution < -0.4 is 5.32 Å². The molecule has 6 heteroatoms. The van der Waals surface area contributed by atoms with Crippen LogP contribution in [0.5, 0.6) is 0 Å². The number of thiazole rings is 1. The zero-order chi connectivity index (χ0) is 10.7. The highest BCUT2D eigenvalue weighted by molar-refractivity contribution is 7.99. The minimum absolute atomic E-state index is 0.0152. The Labute approximate surface area is 97.1 Å². The summed E-state index contributed by atoms with van der Waals surface area (Å²) in [5.74, 6) is 1.91. The summed E-state index contributed by atoms with van der Waals surface area (Å²) in [5.41, 5.74) is 2.75. The summed E-state index contributed by atoms with van der Waals surface area (Å²) in [6.07, 6.45) is 0. The molecule has 1 atom stereocenters. The van der Waals surface area contributed by atoms with Gasteiger partial charge < -0.3 is 4.90 Å². The molecule has 1 saturated heterocycles. The molecule has 15 heavy (non-hydrogen) atoms. The Kier molecular flexibility index (Phi) is 3.61. The summed E-state index contributed by atoms with van der Waals surface area (Å²) in [7, 11) is 1.83. The summed E-state index contributed by atoms with van der Waals surface area (Å²) >= 11 is 3.32. The maximum atomic E-state index is 11.9. The fourth-order valence-electron chi connectivity index (χ4n) is 1.46. The first-order valence-electron chi connectivity index (χ1n) is 4.70. The van der Waals surface area contributed by atoms with Gasteiger partial charge in [-0.1, -0.05) is 0 Å². The fourth-order valence-corrected chi connectivity index (χ4v) is 2.94. The van der Waals surface area contributed by atoms with Crippen molar-refractivity contribution in [1.29, 1.82) is 0 Å². The van der Waals surface area contributed by atoms with Crippen molar-refractivity contribution in [2.24, 2.45) is 0 Å². The van der Waals surface area contributed by atoms with E-state index in [0.29, 0.717) is 6.54 Å². The molecule has 0 spiro atoms. The first-order chi connectivity index (χ1) is 7.27. The predicted octanol–water partition coefficient (Wildman–Crippen LogP) is 0.764.